The number of halogens is 3. The Morgan fingerprint density at radius 2 is 1.96 bits per heavy atom. The quantitative estimate of drug-likeness (QED) is 0.918. The Balaban J connectivity index is 1.57. The van der Waals surface area contributed by atoms with Crippen LogP contribution in [0.5, 0.6) is 0 Å². The number of benzene rings is 1. The highest BCUT2D eigenvalue weighted by Crippen LogP contribution is 2.29. The monoisotopic (exact) mass is 342 g/mol. The Labute approximate surface area is 139 Å². The van der Waals surface area contributed by atoms with E-state index >= 15 is 0 Å². The summed E-state index contributed by atoms with van der Waals surface area (Å²) in [5, 5.41) is 2.94. The molecular formula is C17H21F3N2O2. The smallest absolute Gasteiger partial charge is 0.380 e. The molecule has 0 aromatic heterocycles. The number of piperidine rings is 1. The maximum Gasteiger partial charge on any atom is 0.416 e. The second-order valence-corrected chi connectivity index (χ2v) is 6.40. The molecule has 2 saturated heterocycles. The van der Waals surface area contributed by atoms with E-state index in [1.807, 2.05) is 0 Å². The number of amides is 1. The molecule has 0 unspecified atom stereocenters. The zero-order valence-corrected chi connectivity index (χ0v) is 13.3. The van der Waals surface area contributed by atoms with E-state index in [9.17, 15) is 18.0 Å². The molecule has 0 saturated carbocycles. The zero-order chi connectivity index (χ0) is 17.2. The van der Waals surface area contributed by atoms with Crippen molar-refractivity contribution in [3.63, 3.8) is 0 Å². The van der Waals surface area contributed by atoms with Crippen molar-refractivity contribution in [3.05, 3.63) is 35.4 Å². The van der Waals surface area contributed by atoms with Gasteiger partial charge in [-0.15, -0.1) is 0 Å². The van der Waals surface area contributed by atoms with Gasteiger partial charge >= 0.3 is 6.18 Å². The number of ether oxygens (including phenoxy) is 1. The fourth-order valence-electron chi connectivity index (χ4n) is 3.35. The summed E-state index contributed by atoms with van der Waals surface area (Å²) in [6, 6.07) is 4.77. The predicted molar refractivity (Wildman–Crippen MR) is 82.7 cm³/mol. The van der Waals surface area contributed by atoms with E-state index in [1.165, 1.54) is 12.1 Å². The van der Waals surface area contributed by atoms with Gasteiger partial charge < -0.3 is 10.1 Å². The summed E-state index contributed by atoms with van der Waals surface area (Å²) in [6.45, 7) is 3.28. The highest BCUT2D eigenvalue weighted by atomic mass is 19.4. The number of nitrogens with zero attached hydrogens (tertiary/aromatic N) is 1. The van der Waals surface area contributed by atoms with Gasteiger partial charge in [0.1, 0.15) is 0 Å². The lowest BCUT2D eigenvalue weighted by Gasteiger charge is -2.36. The minimum absolute atomic E-state index is 0.0224. The number of alkyl halides is 3. The van der Waals surface area contributed by atoms with Gasteiger partial charge in [-0.1, -0.05) is 0 Å². The molecule has 1 aromatic rings. The molecule has 2 fully saturated rings. The molecule has 132 valence electrons. The van der Waals surface area contributed by atoms with Crippen molar-refractivity contribution < 1.29 is 22.7 Å². The van der Waals surface area contributed by atoms with Crippen molar-refractivity contribution in [2.75, 3.05) is 26.3 Å². The molecule has 1 amide bonds. The van der Waals surface area contributed by atoms with Gasteiger partial charge in [0.25, 0.3) is 5.91 Å². The maximum absolute atomic E-state index is 12.6. The van der Waals surface area contributed by atoms with Crippen LogP contribution in [0.2, 0.25) is 0 Å². The highest BCUT2D eigenvalue weighted by Gasteiger charge is 2.31. The number of carbonyl (C=O) groups is 1. The first-order chi connectivity index (χ1) is 11.4. The summed E-state index contributed by atoms with van der Waals surface area (Å²) >= 11 is 0. The van der Waals surface area contributed by atoms with E-state index in [4.69, 9.17) is 4.74 Å². The molecule has 7 heteroatoms. The van der Waals surface area contributed by atoms with Crippen LogP contribution in [0.25, 0.3) is 0 Å². The van der Waals surface area contributed by atoms with E-state index in [2.05, 4.69) is 10.2 Å². The van der Waals surface area contributed by atoms with Gasteiger partial charge in [-0.2, -0.15) is 13.2 Å². The zero-order valence-electron chi connectivity index (χ0n) is 13.3. The highest BCUT2D eigenvalue weighted by molar-refractivity contribution is 5.94. The molecule has 0 spiro atoms. The van der Waals surface area contributed by atoms with Crippen LogP contribution >= 0.6 is 0 Å². The summed E-state index contributed by atoms with van der Waals surface area (Å²) in [6.07, 6.45) is -1.49. The SMILES string of the molecule is O=C(N[C@@H]1CCCN([C@H]2CCOC2)C1)c1ccc(C(F)(F)F)cc1. The minimum atomic E-state index is -4.39. The van der Waals surface area contributed by atoms with Gasteiger partial charge in [-0.05, 0) is 50.1 Å². The minimum Gasteiger partial charge on any atom is -0.380 e. The van der Waals surface area contributed by atoms with Crippen LogP contribution in [0, 0.1) is 0 Å². The van der Waals surface area contributed by atoms with Crippen LogP contribution in [0.1, 0.15) is 35.2 Å². The molecule has 2 atom stereocenters. The van der Waals surface area contributed by atoms with E-state index in [0.717, 1.165) is 57.7 Å². The molecule has 0 bridgehead atoms. The molecule has 2 aliphatic rings. The molecule has 0 aliphatic carbocycles. The molecule has 2 heterocycles. The average molecular weight is 342 g/mol. The van der Waals surface area contributed by atoms with Gasteiger partial charge in [0.05, 0.1) is 12.2 Å². The Morgan fingerprint density at radius 1 is 1.21 bits per heavy atom. The molecular weight excluding hydrogens is 321 g/mol. The third kappa shape index (κ3) is 4.08. The van der Waals surface area contributed by atoms with Gasteiger partial charge in [-0.3, -0.25) is 9.69 Å². The largest absolute Gasteiger partial charge is 0.416 e. The summed E-state index contributed by atoms with van der Waals surface area (Å²) in [4.78, 5) is 14.6. The Hall–Kier alpha value is -1.60. The molecule has 4 nitrogen and oxygen atoms in total. The van der Waals surface area contributed by atoms with Crippen molar-refractivity contribution in [2.24, 2.45) is 0 Å². The number of rotatable bonds is 3. The average Bonchev–Trinajstić information content (AvgIpc) is 3.09. The second-order valence-electron chi connectivity index (χ2n) is 6.40. The van der Waals surface area contributed by atoms with Crippen LogP contribution in [0.15, 0.2) is 24.3 Å². The molecule has 1 N–H and O–H groups in total. The number of hydrogen-bond donors (Lipinski definition) is 1. The van der Waals surface area contributed by atoms with Crippen LogP contribution < -0.4 is 5.32 Å². The lowest BCUT2D eigenvalue weighted by molar-refractivity contribution is -0.137. The number of carbonyl (C=O) groups excluding carboxylic acids is 1. The Kier molecular flexibility index (Phi) is 5.10. The lowest BCUT2D eigenvalue weighted by atomic mass is 10.0. The Bertz CT molecular complexity index is 568. The second kappa shape index (κ2) is 7.11. The van der Waals surface area contributed by atoms with Crippen LogP contribution in [-0.4, -0.2) is 49.2 Å². The summed E-state index contributed by atoms with van der Waals surface area (Å²) in [5.74, 6) is -0.321. The van der Waals surface area contributed by atoms with E-state index in [0.29, 0.717) is 6.04 Å². The molecule has 1 aromatic carbocycles. The molecule has 3 rings (SSSR count). The fraction of sp³-hybridized carbons (Fsp3) is 0.588. The van der Waals surface area contributed by atoms with Crippen LogP contribution in [0.4, 0.5) is 13.2 Å². The standard InChI is InChI=1S/C17H21F3N2O2/c18-17(19,20)13-5-3-12(4-6-13)16(23)21-14-2-1-8-22(10-14)15-7-9-24-11-15/h3-6,14-15H,1-2,7-11H2,(H,21,23)/t14-,15+/m1/s1. The molecule has 2 aliphatic heterocycles. The number of hydrogen-bond acceptors (Lipinski definition) is 3. The summed E-state index contributed by atoms with van der Waals surface area (Å²) in [7, 11) is 0. The van der Waals surface area contributed by atoms with Crippen LogP contribution in [-0.2, 0) is 10.9 Å². The summed E-state index contributed by atoms with van der Waals surface area (Å²) < 4.78 is 43.1. The first kappa shape index (κ1) is 17.2. The van der Waals surface area contributed by atoms with Crippen LogP contribution in [0.3, 0.4) is 0 Å². The van der Waals surface area contributed by atoms with Crippen molar-refractivity contribution in [2.45, 2.75) is 37.5 Å². The number of likely N-dealkylation sites (tertiary alicyclic amines) is 1. The van der Waals surface area contributed by atoms with Gasteiger partial charge in [0.2, 0.25) is 0 Å². The van der Waals surface area contributed by atoms with E-state index < -0.39 is 11.7 Å². The normalized spacial score (nSPS) is 25.6. The molecule has 24 heavy (non-hydrogen) atoms. The summed E-state index contributed by atoms with van der Waals surface area (Å²) in [5.41, 5.74) is -0.492. The van der Waals surface area contributed by atoms with E-state index in [-0.39, 0.29) is 17.5 Å². The van der Waals surface area contributed by atoms with Crippen molar-refractivity contribution in [3.8, 4) is 0 Å². The lowest BCUT2D eigenvalue weighted by Crippen LogP contribution is -2.51. The first-order valence-corrected chi connectivity index (χ1v) is 8.23. The van der Waals surface area contributed by atoms with E-state index in [1.54, 1.807) is 0 Å². The van der Waals surface area contributed by atoms with Gasteiger partial charge in [-0.25, -0.2) is 0 Å². The van der Waals surface area contributed by atoms with Crippen molar-refractivity contribution in [1.82, 2.24) is 10.2 Å². The maximum atomic E-state index is 12.6. The Morgan fingerprint density at radius 3 is 2.58 bits per heavy atom. The first-order valence-electron chi connectivity index (χ1n) is 8.23. The van der Waals surface area contributed by atoms with Gasteiger partial charge in [0, 0.05) is 30.8 Å². The fourth-order valence-corrected chi connectivity index (χ4v) is 3.35. The number of nitrogens with one attached hydrogen (secondary N) is 1. The predicted octanol–water partition coefficient (Wildman–Crippen LogP) is 2.69. The molecule has 0 radical (unpaired) electrons. The third-order valence-electron chi connectivity index (χ3n) is 4.68. The van der Waals surface area contributed by atoms with Gasteiger partial charge in [0.15, 0.2) is 0 Å². The third-order valence-corrected chi connectivity index (χ3v) is 4.68. The topological polar surface area (TPSA) is 41.6 Å². The van der Waals surface area contributed by atoms with Crippen molar-refractivity contribution >= 4 is 5.91 Å². The van der Waals surface area contributed by atoms with Crippen molar-refractivity contribution in [1.29, 1.82) is 0 Å².